The molecule has 3 rings (SSSR count). The lowest BCUT2D eigenvalue weighted by molar-refractivity contribution is 0.0985. The molecule has 0 aliphatic rings. The molecule has 142 valence electrons. The van der Waals surface area contributed by atoms with Crippen LogP contribution in [0.2, 0.25) is 5.02 Å². The van der Waals surface area contributed by atoms with Crippen LogP contribution in [0.4, 0.5) is 5.13 Å². The highest BCUT2D eigenvalue weighted by Crippen LogP contribution is 2.33. The van der Waals surface area contributed by atoms with E-state index in [2.05, 4.69) is 16.8 Å². The summed E-state index contributed by atoms with van der Waals surface area (Å²) in [6.07, 6.45) is 0. The number of halogens is 1. The van der Waals surface area contributed by atoms with E-state index in [1.54, 1.807) is 16.7 Å². The molecule has 1 heterocycles. The van der Waals surface area contributed by atoms with Crippen LogP contribution in [-0.2, 0) is 0 Å². The minimum atomic E-state index is -0.0365. The summed E-state index contributed by atoms with van der Waals surface area (Å²) in [7, 11) is 3.99. The van der Waals surface area contributed by atoms with Gasteiger partial charge < -0.3 is 4.90 Å². The Bertz CT molecular complexity index is 942. The van der Waals surface area contributed by atoms with Gasteiger partial charge in [0.05, 0.1) is 9.72 Å². The van der Waals surface area contributed by atoms with Crippen LogP contribution in [0.15, 0.2) is 47.4 Å². The maximum Gasteiger partial charge on any atom is 0.260 e. The molecule has 4 nitrogen and oxygen atoms in total. The van der Waals surface area contributed by atoms with Gasteiger partial charge in [-0.3, -0.25) is 9.69 Å². The predicted octanol–water partition coefficient (Wildman–Crippen LogP) is 5.27. The molecule has 1 aromatic heterocycles. The number of hydrogen-bond donors (Lipinski definition) is 0. The Labute approximate surface area is 173 Å². The SMILES string of the molecule is CCSc1cccc(C(=O)N(CCN(C)C)c2nc3c(Cl)cccc3s2)c1. The minimum absolute atomic E-state index is 0.0365. The lowest BCUT2D eigenvalue weighted by Gasteiger charge is -2.22. The maximum absolute atomic E-state index is 13.3. The van der Waals surface area contributed by atoms with E-state index < -0.39 is 0 Å². The smallest absolute Gasteiger partial charge is 0.260 e. The van der Waals surface area contributed by atoms with Crippen LogP contribution in [-0.4, -0.2) is 48.7 Å². The van der Waals surface area contributed by atoms with Crippen molar-refractivity contribution in [3.05, 3.63) is 53.1 Å². The number of fused-ring (bicyclic) bond motifs is 1. The van der Waals surface area contributed by atoms with Gasteiger partial charge in [0.2, 0.25) is 0 Å². The Kier molecular flexibility index (Phi) is 6.76. The van der Waals surface area contributed by atoms with Gasteiger partial charge in [-0.15, -0.1) is 11.8 Å². The van der Waals surface area contributed by atoms with Gasteiger partial charge in [-0.25, -0.2) is 4.98 Å². The van der Waals surface area contributed by atoms with E-state index in [0.29, 0.717) is 22.3 Å². The summed E-state index contributed by atoms with van der Waals surface area (Å²) in [6, 6.07) is 13.5. The first-order valence-corrected chi connectivity index (χ1v) is 10.9. The van der Waals surface area contributed by atoms with Gasteiger partial charge in [0.1, 0.15) is 5.52 Å². The van der Waals surface area contributed by atoms with Gasteiger partial charge in [0, 0.05) is 23.5 Å². The fourth-order valence-electron chi connectivity index (χ4n) is 2.64. The monoisotopic (exact) mass is 419 g/mol. The topological polar surface area (TPSA) is 36.4 Å². The molecule has 0 bridgehead atoms. The molecule has 0 radical (unpaired) electrons. The number of aromatic nitrogens is 1. The fraction of sp³-hybridized carbons (Fsp3) is 0.300. The van der Waals surface area contributed by atoms with E-state index in [4.69, 9.17) is 11.6 Å². The van der Waals surface area contributed by atoms with Crippen molar-refractivity contribution in [3.8, 4) is 0 Å². The molecule has 0 unspecified atom stereocenters. The molecule has 0 fully saturated rings. The van der Waals surface area contributed by atoms with Gasteiger partial charge in [0.15, 0.2) is 5.13 Å². The second-order valence-corrected chi connectivity index (χ2v) is 9.06. The first kappa shape index (κ1) is 20.1. The number of thiazole rings is 1. The third-order valence-electron chi connectivity index (χ3n) is 4.00. The number of para-hydroxylation sites is 1. The third kappa shape index (κ3) is 4.82. The molecule has 1 amide bonds. The van der Waals surface area contributed by atoms with E-state index in [1.165, 1.54) is 11.3 Å². The number of amides is 1. The number of hydrogen-bond acceptors (Lipinski definition) is 5. The zero-order valence-corrected chi connectivity index (χ0v) is 18.0. The minimum Gasteiger partial charge on any atom is -0.308 e. The third-order valence-corrected chi connectivity index (χ3v) is 6.22. The van der Waals surface area contributed by atoms with E-state index in [-0.39, 0.29) is 5.91 Å². The van der Waals surface area contributed by atoms with Crippen molar-refractivity contribution in [3.63, 3.8) is 0 Å². The Hall–Kier alpha value is -1.60. The first-order valence-electron chi connectivity index (χ1n) is 8.74. The molecule has 0 N–H and O–H groups in total. The number of anilines is 1. The lowest BCUT2D eigenvalue weighted by Crippen LogP contribution is -2.36. The number of carbonyl (C=O) groups excluding carboxylic acids is 1. The molecule has 2 aromatic carbocycles. The highest BCUT2D eigenvalue weighted by molar-refractivity contribution is 7.99. The molecule has 0 spiro atoms. The zero-order chi connectivity index (χ0) is 19.4. The Morgan fingerprint density at radius 1 is 1.19 bits per heavy atom. The van der Waals surface area contributed by atoms with Crippen molar-refractivity contribution in [2.24, 2.45) is 0 Å². The molecule has 0 atom stereocenters. The highest BCUT2D eigenvalue weighted by atomic mass is 35.5. The van der Waals surface area contributed by atoms with Gasteiger partial charge in [-0.1, -0.05) is 42.0 Å². The largest absolute Gasteiger partial charge is 0.308 e. The number of carbonyl (C=O) groups is 1. The van der Waals surface area contributed by atoms with Crippen LogP contribution < -0.4 is 4.90 Å². The average molecular weight is 420 g/mol. The zero-order valence-electron chi connectivity index (χ0n) is 15.6. The normalized spacial score (nSPS) is 11.3. The van der Waals surface area contributed by atoms with E-state index in [9.17, 15) is 4.79 Å². The molecule has 0 aliphatic carbocycles. The molecule has 0 saturated heterocycles. The Morgan fingerprint density at radius 2 is 1.96 bits per heavy atom. The summed E-state index contributed by atoms with van der Waals surface area (Å²) in [5.41, 5.74) is 1.43. The Morgan fingerprint density at radius 3 is 2.67 bits per heavy atom. The number of benzene rings is 2. The van der Waals surface area contributed by atoms with Crippen LogP contribution in [0.3, 0.4) is 0 Å². The van der Waals surface area contributed by atoms with Crippen LogP contribution in [0.25, 0.3) is 10.2 Å². The maximum atomic E-state index is 13.3. The molecule has 27 heavy (non-hydrogen) atoms. The molecule has 3 aromatic rings. The van der Waals surface area contributed by atoms with E-state index in [1.807, 2.05) is 56.6 Å². The number of nitrogens with zero attached hydrogens (tertiary/aromatic N) is 3. The quantitative estimate of drug-likeness (QED) is 0.489. The second kappa shape index (κ2) is 9.06. The molecule has 0 aliphatic heterocycles. The number of thioether (sulfide) groups is 1. The van der Waals surface area contributed by atoms with Crippen molar-refractivity contribution >= 4 is 56.0 Å². The van der Waals surface area contributed by atoms with E-state index >= 15 is 0 Å². The first-order chi connectivity index (χ1) is 13.0. The van der Waals surface area contributed by atoms with Gasteiger partial charge in [-0.2, -0.15) is 0 Å². The van der Waals surface area contributed by atoms with Gasteiger partial charge in [0.25, 0.3) is 5.91 Å². The summed E-state index contributed by atoms with van der Waals surface area (Å²) >= 11 is 9.51. The predicted molar refractivity (Wildman–Crippen MR) is 118 cm³/mol. The fourth-order valence-corrected chi connectivity index (χ4v) is 4.65. The summed E-state index contributed by atoms with van der Waals surface area (Å²) in [5, 5.41) is 1.29. The molecule has 7 heteroatoms. The van der Waals surface area contributed by atoms with Crippen molar-refractivity contribution in [2.45, 2.75) is 11.8 Å². The van der Waals surface area contributed by atoms with Crippen LogP contribution >= 0.6 is 34.7 Å². The van der Waals surface area contributed by atoms with Crippen molar-refractivity contribution in [1.82, 2.24) is 9.88 Å². The standard InChI is InChI=1S/C20H22ClN3OS2/c1-4-26-15-8-5-7-14(13-15)19(25)24(12-11-23(2)3)20-22-18-16(21)9-6-10-17(18)27-20/h5-10,13H,4,11-12H2,1-3H3. The molecular formula is C20H22ClN3OS2. The van der Waals surface area contributed by atoms with Crippen molar-refractivity contribution in [2.75, 3.05) is 37.8 Å². The van der Waals surface area contributed by atoms with E-state index in [0.717, 1.165) is 27.4 Å². The van der Waals surface area contributed by atoms with Gasteiger partial charge in [-0.05, 0) is 50.2 Å². The second-order valence-electron chi connectivity index (χ2n) is 6.30. The Balaban J connectivity index is 1.98. The van der Waals surface area contributed by atoms with Crippen LogP contribution in [0.5, 0.6) is 0 Å². The van der Waals surface area contributed by atoms with Crippen molar-refractivity contribution < 1.29 is 4.79 Å². The summed E-state index contributed by atoms with van der Waals surface area (Å²) < 4.78 is 0.982. The lowest BCUT2D eigenvalue weighted by atomic mass is 10.2. The molecule has 0 saturated carbocycles. The van der Waals surface area contributed by atoms with Crippen LogP contribution in [0.1, 0.15) is 17.3 Å². The van der Waals surface area contributed by atoms with Gasteiger partial charge >= 0.3 is 0 Å². The summed E-state index contributed by atoms with van der Waals surface area (Å²) in [4.78, 5) is 22.9. The number of likely N-dealkylation sites (N-methyl/N-ethyl adjacent to an activating group) is 1. The summed E-state index contributed by atoms with van der Waals surface area (Å²) in [6.45, 7) is 3.42. The average Bonchev–Trinajstić information content (AvgIpc) is 3.07. The molecular weight excluding hydrogens is 398 g/mol. The summed E-state index contributed by atoms with van der Waals surface area (Å²) in [5.74, 6) is 0.934. The highest BCUT2D eigenvalue weighted by Gasteiger charge is 2.22. The van der Waals surface area contributed by atoms with Crippen LogP contribution in [0, 0.1) is 0 Å². The van der Waals surface area contributed by atoms with Crippen molar-refractivity contribution in [1.29, 1.82) is 0 Å². The number of rotatable bonds is 7.